The average Bonchev–Trinajstić information content (AvgIpc) is 3.11. The highest BCUT2D eigenvalue weighted by Crippen LogP contribution is 2.24. The van der Waals surface area contributed by atoms with Gasteiger partial charge in [-0.1, -0.05) is 0 Å². The third-order valence-corrected chi connectivity index (χ3v) is 3.47. The lowest BCUT2D eigenvalue weighted by Gasteiger charge is -2.05. The molecule has 0 atom stereocenters. The van der Waals surface area contributed by atoms with Gasteiger partial charge in [-0.25, -0.2) is 4.98 Å². The third-order valence-electron chi connectivity index (χ3n) is 3.47. The molecule has 0 fully saturated rings. The number of aromatic amines is 1. The molecule has 0 aliphatic carbocycles. The number of aryl methyl sites for hydroxylation is 2. The number of methoxy groups -OCH3 is 1. The highest BCUT2D eigenvalue weighted by Gasteiger charge is 2.10. The summed E-state index contributed by atoms with van der Waals surface area (Å²) in [6.07, 6.45) is 7.00. The summed E-state index contributed by atoms with van der Waals surface area (Å²) in [5.41, 5.74) is 7.47. The summed E-state index contributed by atoms with van der Waals surface area (Å²) in [6.45, 7) is 0.610. The molecule has 1 amide bonds. The quantitative estimate of drug-likeness (QED) is 0.744. The molecule has 1 radical (unpaired) electrons. The van der Waals surface area contributed by atoms with Gasteiger partial charge in [0.1, 0.15) is 11.9 Å². The van der Waals surface area contributed by atoms with E-state index in [2.05, 4.69) is 16.2 Å². The van der Waals surface area contributed by atoms with E-state index < -0.39 is 5.91 Å². The number of rotatable bonds is 5. The molecule has 0 unspecified atom stereocenters. The average molecular weight is 283 g/mol. The van der Waals surface area contributed by atoms with Crippen LogP contribution in [0.3, 0.4) is 0 Å². The highest BCUT2D eigenvalue weighted by molar-refractivity contribution is 5.89. The van der Waals surface area contributed by atoms with E-state index in [4.69, 9.17) is 10.5 Å². The molecular formula is C15H15N4O2. The van der Waals surface area contributed by atoms with E-state index in [0.29, 0.717) is 6.54 Å². The number of nitrogens with zero attached hydrogens (tertiary/aromatic N) is 2. The first kappa shape index (κ1) is 13.2. The SMILES string of the molecule is COc1ccc2[nH]cc(CCn3c[c]nc3C(N)=O)c2c1. The normalized spacial score (nSPS) is 10.9. The second kappa shape index (κ2) is 5.32. The second-order valence-electron chi connectivity index (χ2n) is 4.73. The Morgan fingerprint density at radius 1 is 1.52 bits per heavy atom. The Morgan fingerprint density at radius 2 is 2.38 bits per heavy atom. The first-order valence-corrected chi connectivity index (χ1v) is 6.56. The number of hydrogen-bond acceptors (Lipinski definition) is 3. The minimum atomic E-state index is -0.545. The van der Waals surface area contributed by atoms with Gasteiger partial charge in [-0.05, 0) is 30.2 Å². The number of hydrogen-bond donors (Lipinski definition) is 2. The van der Waals surface area contributed by atoms with Crippen molar-refractivity contribution in [3.05, 3.63) is 48.2 Å². The number of ether oxygens (including phenoxy) is 1. The van der Waals surface area contributed by atoms with Gasteiger partial charge in [-0.15, -0.1) is 0 Å². The van der Waals surface area contributed by atoms with Crippen LogP contribution in [0.25, 0.3) is 10.9 Å². The predicted octanol–water partition coefficient (Wildman–Crippen LogP) is 1.51. The van der Waals surface area contributed by atoms with Crippen molar-refractivity contribution in [1.29, 1.82) is 0 Å². The Kier molecular flexibility index (Phi) is 3.35. The molecule has 3 N–H and O–H groups in total. The van der Waals surface area contributed by atoms with Crippen LogP contribution in [-0.2, 0) is 13.0 Å². The Morgan fingerprint density at radius 3 is 3.14 bits per heavy atom. The van der Waals surface area contributed by atoms with Crippen molar-refractivity contribution in [3.8, 4) is 5.75 Å². The van der Waals surface area contributed by atoms with E-state index in [1.165, 1.54) is 0 Å². The first-order valence-electron chi connectivity index (χ1n) is 6.56. The molecule has 0 bridgehead atoms. The lowest BCUT2D eigenvalue weighted by molar-refractivity contribution is 0.0986. The zero-order chi connectivity index (χ0) is 14.8. The number of nitrogens with two attached hydrogens (primary N) is 1. The molecule has 1 aromatic carbocycles. The fraction of sp³-hybridized carbons (Fsp3) is 0.200. The number of carbonyl (C=O) groups is 1. The van der Waals surface area contributed by atoms with Gasteiger partial charge < -0.3 is 20.0 Å². The zero-order valence-electron chi connectivity index (χ0n) is 11.6. The van der Waals surface area contributed by atoms with Crippen LogP contribution in [0.1, 0.15) is 16.2 Å². The Hall–Kier alpha value is -2.76. The van der Waals surface area contributed by atoms with Crippen molar-refractivity contribution < 1.29 is 9.53 Å². The summed E-state index contributed by atoms with van der Waals surface area (Å²) in [7, 11) is 1.65. The van der Waals surface area contributed by atoms with E-state index in [1.54, 1.807) is 17.9 Å². The minimum Gasteiger partial charge on any atom is -0.497 e. The maximum Gasteiger partial charge on any atom is 0.284 e. The molecule has 6 heteroatoms. The topological polar surface area (TPSA) is 85.9 Å². The van der Waals surface area contributed by atoms with Gasteiger partial charge in [-0.3, -0.25) is 4.79 Å². The molecule has 21 heavy (non-hydrogen) atoms. The molecule has 2 aromatic heterocycles. The highest BCUT2D eigenvalue weighted by atomic mass is 16.5. The van der Waals surface area contributed by atoms with Crippen LogP contribution in [0.2, 0.25) is 0 Å². The number of benzene rings is 1. The zero-order valence-corrected chi connectivity index (χ0v) is 11.6. The fourth-order valence-corrected chi connectivity index (χ4v) is 2.38. The van der Waals surface area contributed by atoms with Gasteiger partial charge in [0, 0.05) is 29.8 Å². The molecule has 0 aliphatic rings. The summed E-state index contributed by atoms with van der Waals surface area (Å²) in [4.78, 5) is 18.3. The van der Waals surface area contributed by atoms with Gasteiger partial charge in [0.2, 0.25) is 0 Å². The number of primary amides is 1. The molecular weight excluding hydrogens is 268 g/mol. The molecule has 0 saturated heterocycles. The molecule has 2 heterocycles. The fourth-order valence-electron chi connectivity index (χ4n) is 2.38. The molecule has 3 rings (SSSR count). The summed E-state index contributed by atoms with van der Waals surface area (Å²) < 4.78 is 6.96. The van der Waals surface area contributed by atoms with Crippen LogP contribution in [0.15, 0.2) is 30.6 Å². The van der Waals surface area contributed by atoms with Crippen molar-refractivity contribution in [2.45, 2.75) is 13.0 Å². The summed E-state index contributed by atoms with van der Waals surface area (Å²) in [6, 6.07) is 5.90. The Bertz CT molecular complexity index is 788. The van der Waals surface area contributed by atoms with E-state index in [-0.39, 0.29) is 5.82 Å². The van der Waals surface area contributed by atoms with E-state index in [9.17, 15) is 4.79 Å². The summed E-state index contributed by atoms with van der Waals surface area (Å²) >= 11 is 0. The van der Waals surface area contributed by atoms with Crippen LogP contribution in [0.5, 0.6) is 5.75 Å². The van der Waals surface area contributed by atoms with Crippen LogP contribution in [0.4, 0.5) is 0 Å². The van der Waals surface area contributed by atoms with Crippen molar-refractivity contribution >= 4 is 16.8 Å². The number of amides is 1. The number of carbonyl (C=O) groups excluding carboxylic acids is 1. The minimum absolute atomic E-state index is 0.229. The van der Waals surface area contributed by atoms with Gasteiger partial charge in [-0.2, -0.15) is 0 Å². The molecule has 107 valence electrons. The number of H-pyrrole nitrogens is 1. The van der Waals surface area contributed by atoms with Crippen LogP contribution in [0, 0.1) is 6.20 Å². The van der Waals surface area contributed by atoms with Crippen molar-refractivity contribution in [3.63, 3.8) is 0 Å². The summed E-state index contributed by atoms with van der Waals surface area (Å²) in [5.74, 6) is 0.501. The lowest BCUT2D eigenvalue weighted by atomic mass is 10.1. The van der Waals surface area contributed by atoms with Crippen molar-refractivity contribution in [2.24, 2.45) is 5.73 Å². The van der Waals surface area contributed by atoms with Gasteiger partial charge in [0.05, 0.1) is 7.11 Å². The molecule has 6 nitrogen and oxygen atoms in total. The Labute approximate surface area is 121 Å². The van der Waals surface area contributed by atoms with E-state index in [1.807, 2.05) is 24.4 Å². The smallest absolute Gasteiger partial charge is 0.284 e. The number of imidazole rings is 1. The third kappa shape index (κ3) is 2.47. The standard InChI is InChI=1S/C15H15N4O2/c1-21-11-2-3-13-12(8-11)10(9-18-13)4-6-19-7-5-17-15(19)14(16)20/h2-3,7-9,18H,4,6H2,1H3,(H2,16,20). The van der Waals surface area contributed by atoms with Crippen molar-refractivity contribution in [1.82, 2.24) is 14.5 Å². The summed E-state index contributed by atoms with van der Waals surface area (Å²) in [5, 5.41) is 1.11. The van der Waals surface area contributed by atoms with Gasteiger partial charge in [0.25, 0.3) is 5.91 Å². The Balaban J connectivity index is 1.85. The molecule has 0 spiro atoms. The second-order valence-corrected chi connectivity index (χ2v) is 4.73. The number of fused-ring (bicyclic) bond motifs is 1. The van der Waals surface area contributed by atoms with Crippen LogP contribution in [-0.4, -0.2) is 27.6 Å². The van der Waals surface area contributed by atoms with Crippen molar-refractivity contribution in [2.75, 3.05) is 7.11 Å². The van der Waals surface area contributed by atoms with Gasteiger partial charge in [0.15, 0.2) is 5.82 Å². The predicted molar refractivity (Wildman–Crippen MR) is 78.1 cm³/mol. The first-order chi connectivity index (χ1) is 10.2. The largest absolute Gasteiger partial charge is 0.497 e. The van der Waals surface area contributed by atoms with E-state index in [0.717, 1.165) is 28.6 Å². The molecule has 0 aliphatic heterocycles. The van der Waals surface area contributed by atoms with Gasteiger partial charge >= 0.3 is 0 Å². The maximum atomic E-state index is 11.2. The number of aromatic nitrogens is 3. The monoisotopic (exact) mass is 283 g/mol. The van der Waals surface area contributed by atoms with Crippen LogP contribution >= 0.6 is 0 Å². The number of nitrogens with one attached hydrogen (secondary N) is 1. The maximum absolute atomic E-state index is 11.2. The lowest BCUT2D eigenvalue weighted by Crippen LogP contribution is -2.18. The molecule has 3 aromatic rings. The van der Waals surface area contributed by atoms with E-state index >= 15 is 0 Å². The molecule has 0 saturated carbocycles. The van der Waals surface area contributed by atoms with Crippen LogP contribution < -0.4 is 10.5 Å².